The van der Waals surface area contributed by atoms with Gasteiger partial charge < -0.3 is 5.32 Å². The van der Waals surface area contributed by atoms with E-state index in [2.05, 4.69) is 22.5 Å². The van der Waals surface area contributed by atoms with E-state index in [4.69, 9.17) is 0 Å². The van der Waals surface area contributed by atoms with Crippen molar-refractivity contribution < 1.29 is 4.79 Å². The SMILES string of the molecule is CCCCN=NC(=O)C1(c2ccccc2)CCNCC1. The van der Waals surface area contributed by atoms with Gasteiger partial charge in [0.15, 0.2) is 0 Å². The van der Waals surface area contributed by atoms with Crippen molar-refractivity contribution in [3.8, 4) is 0 Å². The molecule has 0 aromatic heterocycles. The van der Waals surface area contributed by atoms with Gasteiger partial charge in [-0.25, -0.2) is 0 Å². The van der Waals surface area contributed by atoms with Crippen LogP contribution in [0.2, 0.25) is 0 Å². The number of nitrogens with one attached hydrogen (secondary N) is 1. The summed E-state index contributed by atoms with van der Waals surface area (Å²) in [5.74, 6) is -0.0821. The van der Waals surface area contributed by atoms with Gasteiger partial charge in [0, 0.05) is 0 Å². The standard InChI is InChI=1S/C16H23N3O/c1-2-3-11-18-19-15(20)16(9-12-17-13-10-16)14-7-5-4-6-8-14/h4-8,17H,2-3,9-13H2,1H3. The van der Waals surface area contributed by atoms with Crippen molar-refractivity contribution >= 4 is 5.91 Å². The normalized spacial score (nSPS) is 18.2. The number of amides is 1. The Morgan fingerprint density at radius 2 is 1.95 bits per heavy atom. The summed E-state index contributed by atoms with van der Waals surface area (Å²) < 4.78 is 0. The number of nitrogens with zero attached hydrogens (tertiary/aromatic N) is 2. The molecular weight excluding hydrogens is 250 g/mol. The largest absolute Gasteiger partial charge is 0.317 e. The second-order valence-corrected chi connectivity index (χ2v) is 5.32. The van der Waals surface area contributed by atoms with E-state index in [1.807, 2.05) is 30.3 Å². The first-order valence-corrected chi connectivity index (χ1v) is 7.48. The van der Waals surface area contributed by atoms with E-state index >= 15 is 0 Å². The fraction of sp³-hybridized carbons (Fsp3) is 0.562. The fourth-order valence-electron chi connectivity index (χ4n) is 2.68. The number of hydrogen-bond acceptors (Lipinski definition) is 3. The molecule has 0 spiro atoms. The highest BCUT2D eigenvalue weighted by atomic mass is 16.2. The van der Waals surface area contributed by atoms with Crippen molar-refractivity contribution in [1.29, 1.82) is 0 Å². The zero-order chi connectivity index (χ0) is 14.3. The Kier molecular flexibility index (Phi) is 5.41. The van der Waals surface area contributed by atoms with Crippen LogP contribution in [0, 0.1) is 0 Å². The predicted molar refractivity (Wildman–Crippen MR) is 79.9 cm³/mol. The summed E-state index contributed by atoms with van der Waals surface area (Å²) in [7, 11) is 0. The molecule has 1 fully saturated rings. The van der Waals surface area contributed by atoms with Crippen molar-refractivity contribution in [2.75, 3.05) is 19.6 Å². The summed E-state index contributed by atoms with van der Waals surface area (Å²) in [5.41, 5.74) is 0.586. The molecule has 0 atom stereocenters. The summed E-state index contributed by atoms with van der Waals surface area (Å²) in [6, 6.07) is 10.0. The van der Waals surface area contributed by atoms with Gasteiger partial charge in [-0.05, 0) is 37.9 Å². The summed E-state index contributed by atoms with van der Waals surface area (Å²) in [4.78, 5) is 12.6. The number of benzene rings is 1. The number of rotatable bonds is 5. The maximum absolute atomic E-state index is 12.6. The summed E-state index contributed by atoms with van der Waals surface area (Å²) >= 11 is 0. The van der Waals surface area contributed by atoms with Crippen LogP contribution in [-0.2, 0) is 10.2 Å². The second-order valence-electron chi connectivity index (χ2n) is 5.32. The van der Waals surface area contributed by atoms with Crippen LogP contribution in [0.25, 0.3) is 0 Å². The first-order chi connectivity index (χ1) is 9.79. The lowest BCUT2D eigenvalue weighted by molar-refractivity contribution is -0.124. The third-order valence-electron chi connectivity index (χ3n) is 3.97. The molecule has 1 N–H and O–H groups in total. The van der Waals surface area contributed by atoms with Gasteiger partial charge >= 0.3 is 0 Å². The molecule has 0 radical (unpaired) electrons. The molecule has 20 heavy (non-hydrogen) atoms. The molecule has 2 rings (SSSR count). The van der Waals surface area contributed by atoms with Gasteiger partial charge in [0.05, 0.1) is 12.0 Å². The molecule has 0 saturated carbocycles. The minimum atomic E-state index is -0.484. The fourth-order valence-corrected chi connectivity index (χ4v) is 2.68. The molecule has 4 nitrogen and oxygen atoms in total. The van der Waals surface area contributed by atoms with Crippen LogP contribution < -0.4 is 5.32 Å². The average Bonchev–Trinajstić information content (AvgIpc) is 2.53. The highest BCUT2D eigenvalue weighted by Gasteiger charge is 2.41. The number of piperidine rings is 1. The molecule has 1 aromatic carbocycles. The van der Waals surface area contributed by atoms with Gasteiger partial charge in [-0.3, -0.25) is 4.79 Å². The first-order valence-electron chi connectivity index (χ1n) is 7.48. The van der Waals surface area contributed by atoms with Crippen LogP contribution in [0.5, 0.6) is 0 Å². The Hall–Kier alpha value is -1.55. The predicted octanol–water partition coefficient (Wildman–Crippen LogP) is 3.09. The van der Waals surface area contributed by atoms with Gasteiger partial charge in [0.2, 0.25) is 0 Å². The molecule has 0 bridgehead atoms. The van der Waals surface area contributed by atoms with Gasteiger partial charge in [-0.15, -0.1) is 5.11 Å². The van der Waals surface area contributed by atoms with Crippen LogP contribution in [0.4, 0.5) is 0 Å². The average molecular weight is 273 g/mol. The number of carbonyl (C=O) groups is 1. The lowest BCUT2D eigenvalue weighted by atomic mass is 9.72. The van der Waals surface area contributed by atoms with E-state index < -0.39 is 5.41 Å². The highest BCUT2D eigenvalue weighted by Crippen LogP contribution is 2.34. The third-order valence-corrected chi connectivity index (χ3v) is 3.97. The quantitative estimate of drug-likeness (QED) is 0.662. The van der Waals surface area contributed by atoms with Crippen molar-refractivity contribution in [2.24, 2.45) is 10.2 Å². The van der Waals surface area contributed by atoms with Crippen molar-refractivity contribution in [1.82, 2.24) is 5.32 Å². The lowest BCUT2D eigenvalue weighted by Crippen LogP contribution is -2.44. The number of azo groups is 1. The van der Waals surface area contributed by atoms with E-state index in [0.29, 0.717) is 6.54 Å². The van der Waals surface area contributed by atoms with Crippen molar-refractivity contribution in [3.63, 3.8) is 0 Å². The van der Waals surface area contributed by atoms with Crippen molar-refractivity contribution in [2.45, 2.75) is 38.0 Å². The third kappa shape index (κ3) is 3.31. The lowest BCUT2D eigenvalue weighted by Gasteiger charge is -2.34. The Labute approximate surface area is 120 Å². The van der Waals surface area contributed by atoms with Gasteiger partial charge in [0.25, 0.3) is 5.91 Å². The maximum atomic E-state index is 12.6. The molecule has 0 aliphatic carbocycles. The Bertz CT molecular complexity index is 450. The molecule has 108 valence electrons. The van der Waals surface area contributed by atoms with Crippen molar-refractivity contribution in [3.05, 3.63) is 35.9 Å². The van der Waals surface area contributed by atoms with E-state index in [9.17, 15) is 4.79 Å². The molecule has 1 aliphatic heterocycles. The molecule has 1 amide bonds. The van der Waals surface area contributed by atoms with Crippen LogP contribution in [0.1, 0.15) is 38.2 Å². The molecule has 1 heterocycles. The molecule has 1 aromatic rings. The van der Waals surface area contributed by atoms with E-state index in [1.165, 1.54) is 0 Å². The molecule has 1 aliphatic rings. The first kappa shape index (κ1) is 14.9. The summed E-state index contributed by atoms with van der Waals surface area (Å²) in [6.45, 7) is 4.46. The van der Waals surface area contributed by atoms with Crippen LogP contribution in [0.3, 0.4) is 0 Å². The Balaban J connectivity index is 2.19. The highest BCUT2D eigenvalue weighted by molar-refractivity contribution is 5.88. The summed E-state index contributed by atoms with van der Waals surface area (Å²) in [5, 5.41) is 11.4. The zero-order valence-corrected chi connectivity index (χ0v) is 12.1. The van der Waals surface area contributed by atoms with E-state index in [-0.39, 0.29) is 5.91 Å². The molecule has 1 saturated heterocycles. The van der Waals surface area contributed by atoms with E-state index in [0.717, 1.165) is 44.3 Å². The molecular formula is C16H23N3O. The minimum absolute atomic E-state index is 0.0821. The van der Waals surface area contributed by atoms with Crippen LogP contribution in [-0.4, -0.2) is 25.5 Å². The van der Waals surface area contributed by atoms with Gasteiger partial charge in [0.1, 0.15) is 0 Å². The van der Waals surface area contributed by atoms with E-state index in [1.54, 1.807) is 0 Å². The smallest absolute Gasteiger partial charge is 0.274 e. The maximum Gasteiger partial charge on any atom is 0.274 e. The number of hydrogen-bond donors (Lipinski definition) is 1. The summed E-state index contributed by atoms with van der Waals surface area (Å²) in [6.07, 6.45) is 3.64. The number of carbonyl (C=O) groups excluding carboxylic acids is 1. The van der Waals surface area contributed by atoms with Crippen LogP contribution in [0.15, 0.2) is 40.6 Å². The zero-order valence-electron chi connectivity index (χ0n) is 12.1. The second kappa shape index (κ2) is 7.29. The Morgan fingerprint density at radius 1 is 1.25 bits per heavy atom. The molecule has 4 heteroatoms. The topological polar surface area (TPSA) is 53.8 Å². The van der Waals surface area contributed by atoms with Crippen LogP contribution >= 0.6 is 0 Å². The molecule has 0 unspecified atom stereocenters. The van der Waals surface area contributed by atoms with Gasteiger partial charge in [-0.2, -0.15) is 5.11 Å². The minimum Gasteiger partial charge on any atom is -0.317 e. The monoisotopic (exact) mass is 273 g/mol. The van der Waals surface area contributed by atoms with Gasteiger partial charge in [-0.1, -0.05) is 43.7 Å². The number of unbranched alkanes of at least 4 members (excludes halogenated alkanes) is 1. The Morgan fingerprint density at radius 3 is 2.60 bits per heavy atom.